The molecule has 3 fully saturated rings. The molecule has 114 valence electrons. The zero-order valence-electron chi connectivity index (χ0n) is 12.3. The minimum atomic E-state index is -0.825. The molecule has 3 aliphatic rings. The Kier molecular flexibility index (Phi) is 3.75. The Morgan fingerprint density at radius 2 is 1.95 bits per heavy atom. The number of nitrogens with zero attached hydrogens (tertiary/aromatic N) is 3. The molecule has 0 bridgehead atoms. The summed E-state index contributed by atoms with van der Waals surface area (Å²) in [7, 11) is 0. The molecule has 0 spiro atoms. The third-order valence-electron chi connectivity index (χ3n) is 5.10. The van der Waals surface area contributed by atoms with Gasteiger partial charge in [-0.15, -0.1) is 0 Å². The second-order valence-corrected chi connectivity index (χ2v) is 6.39. The Hall–Kier alpha value is -1.77. The molecule has 1 atom stereocenters. The van der Waals surface area contributed by atoms with E-state index in [4.69, 9.17) is 0 Å². The summed E-state index contributed by atoms with van der Waals surface area (Å²) in [5, 5.41) is 12.4. The molecule has 21 heavy (non-hydrogen) atoms. The number of hydrogen-bond donors (Lipinski definition) is 1. The first-order valence-corrected chi connectivity index (χ1v) is 7.91. The molecule has 6 nitrogen and oxygen atoms in total. The maximum atomic E-state index is 12.9. The van der Waals surface area contributed by atoms with Crippen molar-refractivity contribution in [2.24, 2.45) is 5.41 Å². The van der Waals surface area contributed by atoms with Gasteiger partial charge in [-0.1, -0.05) is 25.7 Å². The van der Waals surface area contributed by atoms with Gasteiger partial charge in [0.05, 0.1) is 12.1 Å². The highest BCUT2D eigenvalue weighted by atomic mass is 16.2. The van der Waals surface area contributed by atoms with Gasteiger partial charge in [-0.2, -0.15) is 5.26 Å². The fourth-order valence-corrected chi connectivity index (χ4v) is 3.80. The minimum Gasteiger partial charge on any atom is -0.337 e. The van der Waals surface area contributed by atoms with Crippen LogP contribution in [0.3, 0.4) is 0 Å². The molecule has 6 heteroatoms. The summed E-state index contributed by atoms with van der Waals surface area (Å²) in [4.78, 5) is 28.1. The molecule has 2 saturated heterocycles. The predicted octanol–water partition coefficient (Wildman–Crippen LogP) is 1.09. The second-order valence-electron chi connectivity index (χ2n) is 6.39. The SMILES string of the molecule is N#CC1(C(=O)N2CCN3C(=O)NCC3C2)CCCCCC1. The van der Waals surface area contributed by atoms with Crippen LogP contribution in [0.1, 0.15) is 38.5 Å². The quantitative estimate of drug-likeness (QED) is 0.734. The third-order valence-corrected chi connectivity index (χ3v) is 5.10. The van der Waals surface area contributed by atoms with Gasteiger partial charge in [0.2, 0.25) is 5.91 Å². The first kappa shape index (κ1) is 14.2. The first-order chi connectivity index (χ1) is 10.2. The van der Waals surface area contributed by atoms with Gasteiger partial charge < -0.3 is 15.1 Å². The molecule has 2 aliphatic heterocycles. The molecule has 0 radical (unpaired) electrons. The van der Waals surface area contributed by atoms with Crippen molar-refractivity contribution in [2.75, 3.05) is 26.2 Å². The van der Waals surface area contributed by atoms with Crippen LogP contribution >= 0.6 is 0 Å². The number of nitriles is 1. The van der Waals surface area contributed by atoms with Crippen LogP contribution in [0, 0.1) is 16.7 Å². The van der Waals surface area contributed by atoms with E-state index in [-0.39, 0.29) is 18.0 Å². The van der Waals surface area contributed by atoms with Crippen molar-refractivity contribution in [3.05, 3.63) is 0 Å². The van der Waals surface area contributed by atoms with Gasteiger partial charge in [0, 0.05) is 26.2 Å². The number of urea groups is 1. The smallest absolute Gasteiger partial charge is 0.317 e. The molecule has 0 aromatic carbocycles. The van der Waals surface area contributed by atoms with Crippen molar-refractivity contribution < 1.29 is 9.59 Å². The topological polar surface area (TPSA) is 76.4 Å². The molecule has 3 rings (SSSR count). The molecular weight excluding hydrogens is 268 g/mol. The molecule has 1 aliphatic carbocycles. The highest BCUT2D eigenvalue weighted by Gasteiger charge is 2.45. The Morgan fingerprint density at radius 3 is 2.62 bits per heavy atom. The van der Waals surface area contributed by atoms with E-state index in [1.165, 1.54) is 0 Å². The summed E-state index contributed by atoms with van der Waals surface area (Å²) in [5.41, 5.74) is -0.825. The standard InChI is InChI=1S/C15H22N4O2/c16-11-15(5-3-1-2-4-6-15)13(20)18-7-8-19-12(10-18)9-17-14(19)21/h12H,1-10H2,(H,17,21). The van der Waals surface area contributed by atoms with Crippen molar-refractivity contribution in [1.29, 1.82) is 5.26 Å². The van der Waals surface area contributed by atoms with Crippen molar-refractivity contribution in [3.63, 3.8) is 0 Å². The lowest BCUT2D eigenvalue weighted by molar-refractivity contribution is -0.142. The fraction of sp³-hybridized carbons (Fsp3) is 0.800. The van der Waals surface area contributed by atoms with E-state index in [0.29, 0.717) is 39.0 Å². The predicted molar refractivity (Wildman–Crippen MR) is 76.2 cm³/mol. The van der Waals surface area contributed by atoms with Crippen molar-refractivity contribution in [2.45, 2.75) is 44.6 Å². The van der Waals surface area contributed by atoms with E-state index >= 15 is 0 Å². The first-order valence-electron chi connectivity index (χ1n) is 7.91. The van der Waals surface area contributed by atoms with Crippen LogP contribution in [-0.4, -0.2) is 54.0 Å². The van der Waals surface area contributed by atoms with E-state index in [9.17, 15) is 14.9 Å². The van der Waals surface area contributed by atoms with E-state index in [1.807, 2.05) is 4.90 Å². The Balaban J connectivity index is 1.72. The van der Waals surface area contributed by atoms with Crippen LogP contribution in [0.4, 0.5) is 4.79 Å². The van der Waals surface area contributed by atoms with Crippen LogP contribution in [0.5, 0.6) is 0 Å². The average molecular weight is 290 g/mol. The fourth-order valence-electron chi connectivity index (χ4n) is 3.80. The van der Waals surface area contributed by atoms with Gasteiger partial charge in [0.15, 0.2) is 0 Å². The van der Waals surface area contributed by atoms with Crippen LogP contribution in [0.2, 0.25) is 0 Å². The summed E-state index contributed by atoms with van der Waals surface area (Å²) >= 11 is 0. The number of fused-ring (bicyclic) bond motifs is 1. The van der Waals surface area contributed by atoms with Crippen LogP contribution in [0.25, 0.3) is 0 Å². The van der Waals surface area contributed by atoms with Gasteiger partial charge in [0.25, 0.3) is 0 Å². The Bertz CT molecular complexity index is 477. The number of carbonyl (C=O) groups is 2. The lowest BCUT2D eigenvalue weighted by Crippen LogP contribution is -2.56. The summed E-state index contributed by atoms with van der Waals surface area (Å²) in [6.45, 7) is 2.28. The van der Waals surface area contributed by atoms with Gasteiger partial charge in [0.1, 0.15) is 5.41 Å². The molecular formula is C15H22N4O2. The third kappa shape index (κ3) is 2.45. The molecule has 1 saturated carbocycles. The highest BCUT2D eigenvalue weighted by molar-refractivity contribution is 5.86. The van der Waals surface area contributed by atoms with Crippen molar-refractivity contribution in [1.82, 2.24) is 15.1 Å². The zero-order valence-corrected chi connectivity index (χ0v) is 12.3. The summed E-state index contributed by atoms with van der Waals surface area (Å²) in [6.07, 6.45) is 5.53. The number of nitrogens with one attached hydrogen (secondary N) is 1. The van der Waals surface area contributed by atoms with Gasteiger partial charge in [-0.3, -0.25) is 4.79 Å². The van der Waals surface area contributed by atoms with E-state index < -0.39 is 5.41 Å². The monoisotopic (exact) mass is 290 g/mol. The van der Waals surface area contributed by atoms with Crippen LogP contribution in [0.15, 0.2) is 0 Å². The molecule has 2 heterocycles. The lowest BCUT2D eigenvalue weighted by atomic mass is 9.80. The zero-order chi connectivity index (χ0) is 14.9. The molecule has 1 unspecified atom stereocenters. The average Bonchev–Trinajstić information content (AvgIpc) is 2.74. The lowest BCUT2D eigenvalue weighted by Gasteiger charge is -2.39. The number of rotatable bonds is 1. The Labute approximate surface area is 125 Å². The van der Waals surface area contributed by atoms with Gasteiger partial charge in [-0.25, -0.2) is 4.79 Å². The number of hydrogen-bond acceptors (Lipinski definition) is 3. The molecule has 1 N–H and O–H groups in total. The minimum absolute atomic E-state index is 0.00843. The summed E-state index contributed by atoms with van der Waals surface area (Å²) in [6, 6.07) is 2.37. The van der Waals surface area contributed by atoms with Crippen molar-refractivity contribution >= 4 is 11.9 Å². The normalized spacial score (nSPS) is 28.3. The molecule has 3 amide bonds. The highest BCUT2D eigenvalue weighted by Crippen LogP contribution is 2.36. The molecule has 0 aromatic heterocycles. The van der Waals surface area contributed by atoms with Crippen LogP contribution < -0.4 is 5.32 Å². The summed E-state index contributed by atoms with van der Waals surface area (Å²) < 4.78 is 0. The van der Waals surface area contributed by atoms with Gasteiger partial charge in [-0.05, 0) is 12.8 Å². The number of piperazine rings is 1. The van der Waals surface area contributed by atoms with Crippen molar-refractivity contribution in [3.8, 4) is 6.07 Å². The summed E-state index contributed by atoms with van der Waals surface area (Å²) in [5.74, 6) is -0.00843. The molecule has 0 aromatic rings. The van der Waals surface area contributed by atoms with E-state index in [2.05, 4.69) is 11.4 Å². The Morgan fingerprint density at radius 1 is 1.24 bits per heavy atom. The van der Waals surface area contributed by atoms with E-state index in [1.54, 1.807) is 4.90 Å². The number of carbonyl (C=O) groups excluding carboxylic acids is 2. The second kappa shape index (κ2) is 5.55. The largest absolute Gasteiger partial charge is 0.337 e. The van der Waals surface area contributed by atoms with Crippen LogP contribution in [-0.2, 0) is 4.79 Å². The maximum Gasteiger partial charge on any atom is 0.317 e. The maximum absolute atomic E-state index is 12.9. The van der Waals surface area contributed by atoms with E-state index in [0.717, 1.165) is 25.7 Å². The number of amides is 3. The van der Waals surface area contributed by atoms with Gasteiger partial charge >= 0.3 is 6.03 Å².